The average molecular weight is 371 g/mol. The van der Waals surface area contributed by atoms with Gasteiger partial charge >= 0.3 is 0 Å². The minimum absolute atomic E-state index is 0.0407. The molecule has 1 heterocycles. The van der Waals surface area contributed by atoms with Crippen molar-refractivity contribution in [3.05, 3.63) is 28.8 Å². The Morgan fingerprint density at radius 3 is 2.33 bits per heavy atom. The molecule has 0 aromatic heterocycles. The second-order valence-corrected chi connectivity index (χ2v) is 7.16. The molecule has 1 atom stereocenters. The van der Waals surface area contributed by atoms with E-state index in [0.29, 0.717) is 11.5 Å². The van der Waals surface area contributed by atoms with E-state index in [1.54, 1.807) is 20.3 Å². The normalized spacial score (nSPS) is 18.3. The van der Waals surface area contributed by atoms with Gasteiger partial charge in [-0.15, -0.1) is 0 Å². The highest BCUT2D eigenvalue weighted by Gasteiger charge is 2.36. The van der Waals surface area contributed by atoms with Gasteiger partial charge < -0.3 is 24.4 Å². The van der Waals surface area contributed by atoms with Crippen molar-refractivity contribution >= 4 is 0 Å². The second kappa shape index (κ2) is 6.53. The van der Waals surface area contributed by atoms with Gasteiger partial charge in [0.2, 0.25) is 5.75 Å². The molecule has 6 nitrogen and oxygen atoms in total. The van der Waals surface area contributed by atoms with Gasteiger partial charge in [0.25, 0.3) is 0 Å². The first-order valence-electron chi connectivity index (χ1n) is 9.11. The Labute approximate surface area is 158 Å². The molecule has 0 radical (unpaired) electrons. The minimum atomic E-state index is 0.0407. The van der Waals surface area contributed by atoms with Crippen molar-refractivity contribution in [3.8, 4) is 39.9 Å². The van der Waals surface area contributed by atoms with Gasteiger partial charge in [0, 0.05) is 23.7 Å². The number of aromatic hydroxyl groups is 2. The molecule has 27 heavy (non-hydrogen) atoms. The molecule has 4 rings (SSSR count). The Balaban J connectivity index is 2.14. The van der Waals surface area contributed by atoms with Crippen LogP contribution in [0.5, 0.6) is 28.7 Å². The second-order valence-electron chi connectivity index (χ2n) is 7.16. The van der Waals surface area contributed by atoms with Gasteiger partial charge in [0.1, 0.15) is 0 Å². The Kier molecular flexibility index (Phi) is 4.30. The molecule has 2 aromatic carbocycles. The van der Waals surface area contributed by atoms with Gasteiger partial charge in [-0.25, -0.2) is 0 Å². The van der Waals surface area contributed by atoms with Gasteiger partial charge in [-0.3, -0.25) is 4.90 Å². The number of ether oxygens (including phenoxy) is 3. The highest BCUT2D eigenvalue weighted by Crippen LogP contribution is 2.56. The topological polar surface area (TPSA) is 71.4 Å². The lowest BCUT2D eigenvalue weighted by molar-refractivity contribution is 0.220. The smallest absolute Gasteiger partial charge is 0.203 e. The summed E-state index contributed by atoms with van der Waals surface area (Å²) in [5.41, 5.74) is 4.73. The van der Waals surface area contributed by atoms with Gasteiger partial charge in [0.05, 0.1) is 21.3 Å². The number of nitrogens with zero attached hydrogens (tertiary/aromatic N) is 1. The Bertz CT molecular complexity index is 908. The lowest BCUT2D eigenvalue weighted by Crippen LogP contribution is -2.32. The number of hydrogen-bond acceptors (Lipinski definition) is 6. The number of hydrogen-bond donors (Lipinski definition) is 2. The summed E-state index contributed by atoms with van der Waals surface area (Å²) in [4.78, 5) is 2.33. The van der Waals surface area contributed by atoms with E-state index in [4.69, 9.17) is 14.2 Å². The van der Waals surface area contributed by atoms with Crippen LogP contribution in [0.3, 0.4) is 0 Å². The summed E-state index contributed by atoms with van der Waals surface area (Å²) >= 11 is 0. The van der Waals surface area contributed by atoms with E-state index in [9.17, 15) is 10.2 Å². The molecule has 0 spiro atoms. The van der Waals surface area contributed by atoms with Crippen LogP contribution in [0, 0.1) is 0 Å². The fourth-order valence-corrected chi connectivity index (χ4v) is 4.58. The summed E-state index contributed by atoms with van der Waals surface area (Å²) in [6, 6.07) is 3.86. The molecule has 1 aliphatic carbocycles. The van der Waals surface area contributed by atoms with Crippen LogP contribution in [-0.2, 0) is 12.8 Å². The molecule has 1 unspecified atom stereocenters. The molecule has 0 fully saturated rings. The predicted octanol–water partition coefficient (Wildman–Crippen LogP) is 3.27. The summed E-state index contributed by atoms with van der Waals surface area (Å²) in [6.45, 7) is 0.951. The molecular formula is C21H25NO5. The lowest BCUT2D eigenvalue weighted by Gasteiger charge is -2.35. The molecule has 0 amide bonds. The number of phenolic OH excluding ortho intramolecular Hbond substituents is 2. The van der Waals surface area contributed by atoms with E-state index in [1.165, 1.54) is 12.7 Å². The number of aryl methyl sites for hydroxylation is 1. The molecule has 2 aromatic rings. The fraction of sp³-hybridized carbons (Fsp3) is 0.429. The Morgan fingerprint density at radius 1 is 0.926 bits per heavy atom. The molecule has 0 saturated heterocycles. The fourth-order valence-electron chi connectivity index (χ4n) is 4.58. The van der Waals surface area contributed by atoms with Crippen molar-refractivity contribution < 1.29 is 24.4 Å². The number of benzene rings is 2. The minimum Gasteiger partial charge on any atom is -0.504 e. The van der Waals surface area contributed by atoms with Crippen molar-refractivity contribution in [3.63, 3.8) is 0 Å². The standard InChI is InChI=1S/C21H25NO5/c1-22-8-7-12-10-15(25-2)19(24)18-16(12)13(22)6-5-11-9-14(23)20(26-3)21(27-4)17(11)18/h9-10,13,23-24H,5-8H2,1-4H3. The van der Waals surface area contributed by atoms with Crippen LogP contribution >= 0.6 is 0 Å². The van der Waals surface area contributed by atoms with Crippen molar-refractivity contribution in [2.45, 2.75) is 25.3 Å². The van der Waals surface area contributed by atoms with E-state index in [0.717, 1.165) is 48.1 Å². The van der Waals surface area contributed by atoms with E-state index in [1.807, 2.05) is 6.07 Å². The molecular weight excluding hydrogens is 346 g/mol. The van der Waals surface area contributed by atoms with Crippen molar-refractivity contribution in [2.75, 3.05) is 34.9 Å². The van der Waals surface area contributed by atoms with Gasteiger partial charge in [0.15, 0.2) is 23.0 Å². The number of rotatable bonds is 3. The predicted molar refractivity (Wildman–Crippen MR) is 102 cm³/mol. The van der Waals surface area contributed by atoms with Crippen LogP contribution in [0.15, 0.2) is 12.1 Å². The Morgan fingerprint density at radius 2 is 1.67 bits per heavy atom. The molecule has 144 valence electrons. The van der Waals surface area contributed by atoms with E-state index >= 15 is 0 Å². The zero-order valence-corrected chi connectivity index (χ0v) is 16.1. The summed E-state index contributed by atoms with van der Waals surface area (Å²) in [6.07, 6.45) is 2.54. The van der Waals surface area contributed by atoms with Crippen molar-refractivity contribution in [2.24, 2.45) is 0 Å². The van der Waals surface area contributed by atoms with Gasteiger partial charge in [-0.1, -0.05) is 0 Å². The molecule has 2 aliphatic rings. The third-order valence-corrected chi connectivity index (χ3v) is 5.85. The number of likely N-dealkylation sites (N-methyl/N-ethyl adjacent to an activating group) is 1. The maximum Gasteiger partial charge on any atom is 0.203 e. The third kappa shape index (κ3) is 2.51. The Hall–Kier alpha value is -2.60. The summed E-state index contributed by atoms with van der Waals surface area (Å²) in [5.74, 6) is 1.31. The van der Waals surface area contributed by atoms with Gasteiger partial charge in [-0.05, 0) is 55.1 Å². The molecule has 6 heteroatoms. The van der Waals surface area contributed by atoms with Crippen LogP contribution in [0.25, 0.3) is 11.1 Å². The molecule has 0 bridgehead atoms. The maximum absolute atomic E-state index is 11.1. The third-order valence-electron chi connectivity index (χ3n) is 5.85. The van der Waals surface area contributed by atoms with Crippen LogP contribution in [-0.4, -0.2) is 50.0 Å². The summed E-state index contributed by atoms with van der Waals surface area (Å²) < 4.78 is 16.5. The number of phenols is 2. The molecule has 0 saturated carbocycles. The monoisotopic (exact) mass is 371 g/mol. The van der Waals surface area contributed by atoms with Crippen LogP contribution < -0.4 is 14.2 Å². The first-order valence-corrected chi connectivity index (χ1v) is 9.11. The lowest BCUT2D eigenvalue weighted by atomic mass is 9.85. The molecule has 1 aliphatic heterocycles. The van der Waals surface area contributed by atoms with Crippen LogP contribution in [0.2, 0.25) is 0 Å². The number of fused-ring (bicyclic) bond motifs is 2. The van der Waals surface area contributed by atoms with E-state index in [2.05, 4.69) is 11.9 Å². The zero-order chi connectivity index (χ0) is 19.3. The van der Waals surface area contributed by atoms with E-state index in [-0.39, 0.29) is 23.3 Å². The largest absolute Gasteiger partial charge is 0.504 e. The summed E-state index contributed by atoms with van der Waals surface area (Å²) in [7, 11) is 6.73. The zero-order valence-electron chi connectivity index (χ0n) is 16.1. The highest BCUT2D eigenvalue weighted by atomic mass is 16.5. The first kappa shape index (κ1) is 17.8. The van der Waals surface area contributed by atoms with Crippen molar-refractivity contribution in [1.29, 1.82) is 0 Å². The SMILES string of the molecule is COc1cc2c3c(c1O)-c1c(cc(O)c(OC)c1OC)CCC3N(C)CC2. The quantitative estimate of drug-likeness (QED) is 0.863. The highest BCUT2D eigenvalue weighted by molar-refractivity contribution is 5.88. The first-order chi connectivity index (χ1) is 13.0. The van der Waals surface area contributed by atoms with Crippen LogP contribution in [0.4, 0.5) is 0 Å². The van der Waals surface area contributed by atoms with Gasteiger partial charge in [-0.2, -0.15) is 0 Å². The molecule has 2 N–H and O–H groups in total. The van der Waals surface area contributed by atoms with Crippen molar-refractivity contribution in [1.82, 2.24) is 4.90 Å². The van der Waals surface area contributed by atoms with E-state index < -0.39 is 0 Å². The average Bonchev–Trinajstić information content (AvgIpc) is 2.83. The summed E-state index contributed by atoms with van der Waals surface area (Å²) in [5, 5.41) is 21.5. The van der Waals surface area contributed by atoms with Crippen LogP contribution in [0.1, 0.15) is 29.2 Å². The number of methoxy groups -OCH3 is 3. The maximum atomic E-state index is 11.1.